The topological polar surface area (TPSA) is 53.9 Å². The molecule has 4 heteroatoms. The Morgan fingerprint density at radius 1 is 1.12 bits per heavy atom. The van der Waals surface area contributed by atoms with Crippen LogP contribution in [0, 0.1) is 0 Å². The van der Waals surface area contributed by atoms with Gasteiger partial charge >= 0.3 is 0 Å². The van der Waals surface area contributed by atoms with Gasteiger partial charge in [-0.25, -0.2) is 15.0 Å². The van der Waals surface area contributed by atoms with Gasteiger partial charge in [0.05, 0.1) is 5.39 Å². The Hall–Kier alpha value is -2.49. The van der Waals surface area contributed by atoms with E-state index in [0.29, 0.717) is 11.8 Å². The molecule has 2 aliphatic rings. The van der Waals surface area contributed by atoms with Crippen LogP contribution in [0.3, 0.4) is 0 Å². The Bertz CT molecular complexity index is 920. The van der Waals surface area contributed by atoms with Crippen LogP contribution in [0.15, 0.2) is 41.7 Å². The van der Waals surface area contributed by atoms with Crippen molar-refractivity contribution in [1.82, 2.24) is 15.0 Å². The summed E-state index contributed by atoms with van der Waals surface area (Å²) in [4.78, 5) is 17.0. The van der Waals surface area contributed by atoms with E-state index in [9.17, 15) is 0 Å². The van der Waals surface area contributed by atoms with Crippen LogP contribution in [-0.2, 0) is 6.42 Å². The minimum Gasteiger partial charge on any atom is -0.343 e. The van der Waals surface area contributed by atoms with Crippen molar-refractivity contribution in [3.05, 3.63) is 53.5 Å². The molecular formula is C20H20N4. The van der Waals surface area contributed by atoms with Crippen LogP contribution in [0.4, 0.5) is 5.82 Å². The van der Waals surface area contributed by atoms with Gasteiger partial charge in [-0.2, -0.15) is 0 Å². The van der Waals surface area contributed by atoms with E-state index in [0.717, 1.165) is 23.3 Å². The second kappa shape index (κ2) is 5.55. The Morgan fingerprint density at radius 3 is 2.96 bits per heavy atom. The summed E-state index contributed by atoms with van der Waals surface area (Å²) in [6.45, 7) is 0. The van der Waals surface area contributed by atoms with Gasteiger partial charge in [-0.05, 0) is 55.2 Å². The lowest BCUT2D eigenvalue weighted by atomic mass is 9.83. The number of nitrogens with one attached hydrogen (secondary N) is 1. The van der Waals surface area contributed by atoms with Crippen molar-refractivity contribution in [1.29, 1.82) is 0 Å². The zero-order valence-electron chi connectivity index (χ0n) is 13.6. The number of aromatic nitrogens is 3. The van der Waals surface area contributed by atoms with Gasteiger partial charge in [-0.15, -0.1) is 0 Å². The van der Waals surface area contributed by atoms with Crippen LogP contribution >= 0.6 is 0 Å². The number of H-pyrrole nitrogens is 1. The highest BCUT2D eigenvalue weighted by molar-refractivity contribution is 5.88. The number of benzene rings is 1. The van der Waals surface area contributed by atoms with E-state index in [-0.39, 0.29) is 0 Å². The Morgan fingerprint density at radius 2 is 2.04 bits per heavy atom. The fraction of sp³-hybridized carbons (Fsp3) is 0.350. The third-order valence-corrected chi connectivity index (χ3v) is 5.24. The standard InChI is InChI=1S/C20H20N4/c1-2-7-16-13(4-1)5-3-6-15(16)11-21-19-17-10-18(14-8-9-14)24-20(17)23-12-22-19/h1-2,4,7,10-12,14-15H,3,5-6,8-9H2,(H,22,23,24)/b21-11+. The highest BCUT2D eigenvalue weighted by Gasteiger charge is 2.26. The Kier molecular flexibility index (Phi) is 3.21. The van der Waals surface area contributed by atoms with Crippen molar-refractivity contribution < 1.29 is 0 Å². The summed E-state index contributed by atoms with van der Waals surface area (Å²) in [7, 11) is 0. The molecule has 120 valence electrons. The smallest absolute Gasteiger partial charge is 0.164 e. The van der Waals surface area contributed by atoms with Gasteiger partial charge in [0.2, 0.25) is 0 Å². The third-order valence-electron chi connectivity index (χ3n) is 5.24. The molecule has 0 aliphatic heterocycles. The number of rotatable bonds is 3. The number of aliphatic imine (C=N–C) groups is 1. The van der Waals surface area contributed by atoms with Gasteiger partial charge in [-0.3, -0.25) is 0 Å². The van der Waals surface area contributed by atoms with E-state index in [2.05, 4.69) is 51.5 Å². The molecule has 3 aromatic rings. The third kappa shape index (κ3) is 2.42. The van der Waals surface area contributed by atoms with Crippen LogP contribution in [0.5, 0.6) is 0 Å². The van der Waals surface area contributed by atoms with Gasteiger partial charge in [0.15, 0.2) is 5.82 Å². The Balaban J connectivity index is 1.49. The van der Waals surface area contributed by atoms with Crippen LogP contribution in [0.25, 0.3) is 11.0 Å². The number of fused-ring (bicyclic) bond motifs is 2. The van der Waals surface area contributed by atoms with Gasteiger partial charge in [0, 0.05) is 17.8 Å². The molecule has 1 unspecified atom stereocenters. The van der Waals surface area contributed by atoms with Gasteiger partial charge in [0.25, 0.3) is 0 Å². The molecule has 2 aliphatic carbocycles. The van der Waals surface area contributed by atoms with Crippen molar-refractivity contribution in [3.63, 3.8) is 0 Å². The lowest BCUT2D eigenvalue weighted by Crippen LogP contribution is -2.10. The zero-order chi connectivity index (χ0) is 15.9. The maximum Gasteiger partial charge on any atom is 0.164 e. The lowest BCUT2D eigenvalue weighted by Gasteiger charge is -2.22. The first-order valence-corrected chi connectivity index (χ1v) is 8.84. The summed E-state index contributed by atoms with van der Waals surface area (Å²) in [5, 5.41) is 1.04. The molecule has 0 spiro atoms. The van der Waals surface area contributed by atoms with E-state index < -0.39 is 0 Å². The molecule has 0 amide bonds. The largest absolute Gasteiger partial charge is 0.343 e. The first-order valence-electron chi connectivity index (χ1n) is 8.84. The van der Waals surface area contributed by atoms with Crippen LogP contribution in [0.1, 0.15) is 54.3 Å². The van der Waals surface area contributed by atoms with Crippen molar-refractivity contribution in [2.75, 3.05) is 0 Å². The first-order chi connectivity index (χ1) is 11.9. The molecule has 1 fully saturated rings. The average Bonchev–Trinajstić information content (AvgIpc) is 3.38. The van der Waals surface area contributed by atoms with E-state index in [1.54, 1.807) is 6.33 Å². The molecule has 0 saturated heterocycles. The summed E-state index contributed by atoms with van der Waals surface area (Å²) in [5.74, 6) is 1.86. The molecular weight excluding hydrogens is 296 g/mol. The molecule has 1 atom stereocenters. The number of hydrogen-bond donors (Lipinski definition) is 1. The molecule has 4 nitrogen and oxygen atoms in total. The van der Waals surface area contributed by atoms with Gasteiger partial charge < -0.3 is 4.98 Å². The highest BCUT2D eigenvalue weighted by atomic mass is 15.0. The van der Waals surface area contributed by atoms with Gasteiger partial charge in [0.1, 0.15) is 12.0 Å². The van der Waals surface area contributed by atoms with Crippen LogP contribution in [-0.4, -0.2) is 21.2 Å². The summed E-state index contributed by atoms with van der Waals surface area (Å²) in [6, 6.07) is 10.9. The molecule has 2 heterocycles. The maximum absolute atomic E-state index is 4.75. The quantitative estimate of drug-likeness (QED) is 0.715. The summed E-state index contributed by atoms with van der Waals surface area (Å²) < 4.78 is 0. The zero-order valence-corrected chi connectivity index (χ0v) is 13.6. The minimum absolute atomic E-state index is 0.391. The Labute approximate surface area is 141 Å². The number of aromatic amines is 1. The van der Waals surface area contributed by atoms with Crippen LogP contribution in [0.2, 0.25) is 0 Å². The number of nitrogens with zero attached hydrogens (tertiary/aromatic N) is 3. The molecule has 5 rings (SSSR count). The second-order valence-corrected chi connectivity index (χ2v) is 6.93. The molecule has 1 saturated carbocycles. The summed E-state index contributed by atoms with van der Waals surface area (Å²) in [6.07, 6.45) is 9.81. The van der Waals surface area contributed by atoms with E-state index >= 15 is 0 Å². The van der Waals surface area contributed by atoms with Crippen LogP contribution < -0.4 is 0 Å². The van der Waals surface area contributed by atoms with E-state index in [1.165, 1.54) is 42.5 Å². The predicted molar refractivity (Wildman–Crippen MR) is 96.1 cm³/mol. The van der Waals surface area contributed by atoms with Crippen molar-refractivity contribution in [3.8, 4) is 0 Å². The van der Waals surface area contributed by atoms with Crippen molar-refractivity contribution in [2.45, 2.75) is 43.9 Å². The van der Waals surface area contributed by atoms with Gasteiger partial charge in [-0.1, -0.05) is 24.3 Å². The number of aryl methyl sites for hydroxylation is 1. The fourth-order valence-electron chi connectivity index (χ4n) is 3.77. The molecule has 0 radical (unpaired) electrons. The monoisotopic (exact) mass is 316 g/mol. The highest BCUT2D eigenvalue weighted by Crippen LogP contribution is 2.41. The molecule has 1 aromatic carbocycles. The normalized spacial score (nSPS) is 20.6. The summed E-state index contributed by atoms with van der Waals surface area (Å²) in [5.41, 5.74) is 5.07. The fourth-order valence-corrected chi connectivity index (χ4v) is 3.77. The van der Waals surface area contributed by atoms with Crippen molar-refractivity contribution in [2.24, 2.45) is 4.99 Å². The van der Waals surface area contributed by atoms with Crippen molar-refractivity contribution >= 4 is 23.1 Å². The maximum atomic E-state index is 4.75. The SMILES string of the molecule is C(=N\c1ncnc2[nH]c(C3CC3)cc12)/C1CCCc2ccccc21. The molecule has 24 heavy (non-hydrogen) atoms. The summed E-state index contributed by atoms with van der Waals surface area (Å²) >= 11 is 0. The van der Waals surface area contributed by atoms with E-state index in [1.807, 2.05) is 0 Å². The number of hydrogen-bond acceptors (Lipinski definition) is 3. The minimum atomic E-state index is 0.391. The molecule has 0 bridgehead atoms. The molecule has 2 aromatic heterocycles. The lowest BCUT2D eigenvalue weighted by molar-refractivity contribution is 0.656. The second-order valence-electron chi connectivity index (χ2n) is 6.93. The first kappa shape index (κ1) is 13.9. The van der Waals surface area contributed by atoms with E-state index in [4.69, 9.17) is 4.99 Å². The average molecular weight is 316 g/mol. The predicted octanol–water partition coefficient (Wildman–Crippen LogP) is 4.66. The molecule has 1 N–H and O–H groups in total.